The predicted molar refractivity (Wildman–Crippen MR) is 47.6 cm³/mol. The van der Waals surface area contributed by atoms with Crippen LogP contribution in [0.1, 0.15) is 5.56 Å². The Morgan fingerprint density at radius 2 is 2.31 bits per heavy atom. The van der Waals surface area contributed by atoms with E-state index >= 15 is 0 Å². The minimum atomic E-state index is -0.397. The number of allylic oxidation sites excluding steroid dienone is 1. The van der Waals surface area contributed by atoms with Crippen molar-refractivity contribution in [1.29, 1.82) is 5.26 Å². The fourth-order valence-corrected chi connectivity index (χ4v) is 0.897. The number of ether oxygens (including phenoxy) is 1. The van der Waals surface area contributed by atoms with Crippen LogP contribution in [0.25, 0.3) is 6.08 Å². The minimum absolute atomic E-state index is 0.377. The minimum Gasteiger partial charge on any atom is -0.497 e. The van der Waals surface area contributed by atoms with Gasteiger partial charge in [0.25, 0.3) is 0 Å². The van der Waals surface area contributed by atoms with Gasteiger partial charge in [-0.25, -0.2) is 4.39 Å². The first kappa shape index (κ1) is 9.27. The number of nitrogens with zero attached hydrogens (tertiary/aromatic N) is 1. The van der Waals surface area contributed by atoms with Crippen LogP contribution >= 0.6 is 0 Å². The standard InChI is InChI=1S/C10H8FNO/c1-13-9-5-4-8(3-2-6-12)10(11)7-9/h2-5,7H,1H3. The molecule has 0 radical (unpaired) electrons. The van der Waals surface area contributed by atoms with Crippen LogP contribution < -0.4 is 4.74 Å². The summed E-state index contributed by atoms with van der Waals surface area (Å²) in [7, 11) is 1.47. The molecule has 2 nitrogen and oxygen atoms in total. The van der Waals surface area contributed by atoms with E-state index in [9.17, 15) is 4.39 Å². The number of benzene rings is 1. The maximum atomic E-state index is 13.1. The molecule has 0 saturated carbocycles. The zero-order valence-electron chi connectivity index (χ0n) is 7.12. The maximum absolute atomic E-state index is 13.1. The topological polar surface area (TPSA) is 33.0 Å². The van der Waals surface area contributed by atoms with Crippen LogP contribution in [0.2, 0.25) is 0 Å². The Bertz CT molecular complexity index is 366. The van der Waals surface area contributed by atoms with E-state index in [-0.39, 0.29) is 0 Å². The number of nitriles is 1. The van der Waals surface area contributed by atoms with E-state index < -0.39 is 5.82 Å². The summed E-state index contributed by atoms with van der Waals surface area (Å²) >= 11 is 0. The van der Waals surface area contributed by atoms with Crippen molar-refractivity contribution < 1.29 is 9.13 Å². The molecule has 0 saturated heterocycles. The lowest BCUT2D eigenvalue weighted by Gasteiger charge is -2.00. The Labute approximate surface area is 75.9 Å². The van der Waals surface area contributed by atoms with Crippen LogP contribution in [-0.2, 0) is 0 Å². The highest BCUT2D eigenvalue weighted by molar-refractivity contribution is 5.53. The van der Waals surface area contributed by atoms with Gasteiger partial charge in [-0.1, -0.05) is 0 Å². The molecule has 1 aromatic rings. The molecule has 66 valence electrons. The normalized spacial score (nSPS) is 9.92. The summed E-state index contributed by atoms with van der Waals surface area (Å²) in [6.07, 6.45) is 2.64. The van der Waals surface area contributed by atoms with Gasteiger partial charge in [0.1, 0.15) is 11.6 Å². The Morgan fingerprint density at radius 1 is 1.54 bits per heavy atom. The summed E-state index contributed by atoms with van der Waals surface area (Å²) < 4.78 is 17.9. The highest BCUT2D eigenvalue weighted by atomic mass is 19.1. The van der Waals surface area contributed by atoms with E-state index in [1.165, 1.54) is 25.3 Å². The number of rotatable bonds is 2. The van der Waals surface area contributed by atoms with Gasteiger partial charge in [0.2, 0.25) is 0 Å². The molecule has 1 rings (SSSR count). The van der Waals surface area contributed by atoms with Crippen LogP contribution in [0, 0.1) is 17.1 Å². The largest absolute Gasteiger partial charge is 0.497 e. The zero-order chi connectivity index (χ0) is 9.68. The van der Waals surface area contributed by atoms with E-state index in [0.717, 1.165) is 0 Å². The van der Waals surface area contributed by atoms with Crippen molar-refractivity contribution in [1.82, 2.24) is 0 Å². The summed E-state index contributed by atoms with van der Waals surface area (Å²) in [4.78, 5) is 0. The SMILES string of the molecule is COc1ccc(C=CC#N)c(F)c1. The van der Waals surface area contributed by atoms with E-state index in [4.69, 9.17) is 10.00 Å². The number of hydrogen-bond donors (Lipinski definition) is 0. The zero-order valence-corrected chi connectivity index (χ0v) is 7.12. The van der Waals surface area contributed by atoms with Gasteiger partial charge in [-0.15, -0.1) is 0 Å². The van der Waals surface area contributed by atoms with E-state index in [1.54, 1.807) is 18.2 Å². The molecule has 13 heavy (non-hydrogen) atoms. The third kappa shape index (κ3) is 2.31. The van der Waals surface area contributed by atoms with Crippen LogP contribution in [0.4, 0.5) is 4.39 Å². The van der Waals surface area contributed by atoms with E-state index in [1.807, 2.05) is 0 Å². The average molecular weight is 177 g/mol. The lowest BCUT2D eigenvalue weighted by Crippen LogP contribution is -1.86. The summed E-state index contributed by atoms with van der Waals surface area (Å²) in [6.45, 7) is 0. The number of methoxy groups -OCH3 is 1. The first-order valence-corrected chi connectivity index (χ1v) is 3.67. The highest BCUT2D eigenvalue weighted by Gasteiger charge is 1.99. The van der Waals surface area contributed by atoms with Gasteiger partial charge >= 0.3 is 0 Å². The Balaban J connectivity index is 3.00. The quantitative estimate of drug-likeness (QED) is 0.649. The predicted octanol–water partition coefficient (Wildman–Crippen LogP) is 2.37. The van der Waals surface area contributed by atoms with Gasteiger partial charge in [-0.05, 0) is 18.2 Å². The second-order valence-electron chi connectivity index (χ2n) is 2.35. The van der Waals surface area contributed by atoms with Crippen molar-refractivity contribution in [2.45, 2.75) is 0 Å². The molecule has 0 amide bonds. The first-order chi connectivity index (χ1) is 6.27. The Morgan fingerprint density at radius 3 is 2.85 bits per heavy atom. The molecule has 0 aromatic heterocycles. The maximum Gasteiger partial charge on any atom is 0.134 e. The molecule has 0 aliphatic heterocycles. The van der Waals surface area contributed by atoms with Gasteiger partial charge in [0.05, 0.1) is 13.2 Å². The molecule has 0 N–H and O–H groups in total. The second kappa shape index (κ2) is 4.27. The van der Waals surface area contributed by atoms with Gasteiger partial charge in [-0.3, -0.25) is 0 Å². The summed E-state index contributed by atoms with van der Waals surface area (Å²) in [5, 5.41) is 8.24. The molecule has 3 heteroatoms. The highest BCUT2D eigenvalue weighted by Crippen LogP contribution is 2.16. The number of hydrogen-bond acceptors (Lipinski definition) is 2. The third-order valence-corrected chi connectivity index (χ3v) is 1.55. The van der Waals surface area contributed by atoms with Crippen molar-refractivity contribution in [2.75, 3.05) is 7.11 Å². The molecular formula is C10H8FNO. The molecular weight excluding hydrogens is 169 g/mol. The summed E-state index contributed by atoms with van der Waals surface area (Å²) in [5.74, 6) is 0.0671. The van der Waals surface area contributed by atoms with Crippen molar-refractivity contribution >= 4 is 6.08 Å². The van der Waals surface area contributed by atoms with Crippen molar-refractivity contribution in [2.24, 2.45) is 0 Å². The molecule has 0 unspecified atom stereocenters. The van der Waals surface area contributed by atoms with Crippen LogP contribution in [0.3, 0.4) is 0 Å². The summed E-state index contributed by atoms with van der Waals surface area (Å²) in [6, 6.07) is 6.26. The molecule has 0 atom stereocenters. The summed E-state index contributed by atoms with van der Waals surface area (Å²) in [5.41, 5.74) is 0.377. The fraction of sp³-hybridized carbons (Fsp3) is 0.100. The van der Waals surface area contributed by atoms with Gasteiger partial charge in [0.15, 0.2) is 0 Å². The molecule has 0 aliphatic rings. The molecule has 0 bridgehead atoms. The second-order valence-corrected chi connectivity index (χ2v) is 2.35. The molecule has 1 aromatic carbocycles. The smallest absolute Gasteiger partial charge is 0.134 e. The van der Waals surface area contributed by atoms with Gasteiger partial charge in [0, 0.05) is 17.7 Å². The first-order valence-electron chi connectivity index (χ1n) is 3.67. The fourth-order valence-electron chi connectivity index (χ4n) is 0.897. The third-order valence-electron chi connectivity index (χ3n) is 1.55. The molecule has 0 aliphatic carbocycles. The van der Waals surface area contributed by atoms with Crippen LogP contribution in [0.5, 0.6) is 5.75 Å². The van der Waals surface area contributed by atoms with Crippen LogP contribution in [-0.4, -0.2) is 7.11 Å². The molecule has 0 heterocycles. The van der Waals surface area contributed by atoms with Crippen molar-refractivity contribution in [3.63, 3.8) is 0 Å². The molecule has 0 spiro atoms. The van der Waals surface area contributed by atoms with Crippen molar-refractivity contribution in [3.05, 3.63) is 35.7 Å². The lowest BCUT2D eigenvalue weighted by atomic mass is 10.2. The Hall–Kier alpha value is -1.82. The monoisotopic (exact) mass is 177 g/mol. The van der Waals surface area contributed by atoms with Crippen molar-refractivity contribution in [3.8, 4) is 11.8 Å². The average Bonchev–Trinajstić information content (AvgIpc) is 2.16. The van der Waals surface area contributed by atoms with Gasteiger partial charge < -0.3 is 4.74 Å². The van der Waals surface area contributed by atoms with E-state index in [0.29, 0.717) is 11.3 Å². The molecule has 0 fully saturated rings. The van der Waals surface area contributed by atoms with Gasteiger partial charge in [-0.2, -0.15) is 5.26 Å². The van der Waals surface area contributed by atoms with Crippen LogP contribution in [0.15, 0.2) is 24.3 Å². The number of halogens is 1. The van der Waals surface area contributed by atoms with E-state index in [2.05, 4.69) is 0 Å². The lowest BCUT2D eigenvalue weighted by molar-refractivity contribution is 0.411. The Kier molecular flexibility index (Phi) is 3.04.